The molecule has 0 unspecified atom stereocenters. The highest BCUT2D eigenvalue weighted by Gasteiger charge is 2.42. The average Bonchev–Trinajstić information content (AvgIpc) is 2.89. The third kappa shape index (κ3) is 4.20. The standard InChI is InChI=1S/C29H27FN4O5/c1-6-19-21(30)9-8-17-12-18(36)13-20(22(17)19)25-15(2)24-23(27(37)39-25)26(33-28(32-24)38-5)31-14-29(10-7-11-29)34(4)16(3)35/h1,8-9,12-13,36H,7,10-11,14H2,2-5H3,(H,31,32,33). The second-order valence-corrected chi connectivity index (χ2v) is 9.79. The number of anilines is 1. The minimum Gasteiger partial charge on any atom is -0.508 e. The summed E-state index contributed by atoms with van der Waals surface area (Å²) in [7, 11) is 3.17. The third-order valence-corrected chi connectivity index (χ3v) is 7.66. The highest BCUT2D eigenvalue weighted by atomic mass is 19.1. The Kier molecular flexibility index (Phi) is 6.38. The third-order valence-electron chi connectivity index (χ3n) is 7.66. The molecule has 0 saturated heterocycles. The van der Waals surface area contributed by atoms with Crippen LogP contribution in [0.1, 0.15) is 37.3 Å². The number of benzene rings is 2. The predicted octanol–water partition coefficient (Wildman–Crippen LogP) is 4.36. The number of hydrogen-bond acceptors (Lipinski definition) is 8. The summed E-state index contributed by atoms with van der Waals surface area (Å²) in [5.41, 5.74) is -0.222. The number of rotatable bonds is 6. The van der Waals surface area contributed by atoms with Crippen molar-refractivity contribution in [1.82, 2.24) is 14.9 Å². The molecule has 2 aromatic carbocycles. The molecule has 2 heterocycles. The molecule has 0 bridgehead atoms. The molecule has 1 fully saturated rings. The molecule has 0 radical (unpaired) electrons. The first-order valence-electron chi connectivity index (χ1n) is 12.4. The van der Waals surface area contributed by atoms with E-state index in [1.165, 1.54) is 38.3 Å². The van der Waals surface area contributed by atoms with E-state index in [2.05, 4.69) is 21.2 Å². The number of aryl methyl sites for hydroxylation is 1. The van der Waals surface area contributed by atoms with Gasteiger partial charge in [0.15, 0.2) is 0 Å². The summed E-state index contributed by atoms with van der Waals surface area (Å²) in [4.78, 5) is 36.1. The fraction of sp³-hybridized carbons (Fsp3) is 0.310. The van der Waals surface area contributed by atoms with E-state index in [0.29, 0.717) is 22.9 Å². The van der Waals surface area contributed by atoms with Crippen molar-refractivity contribution in [3.05, 3.63) is 51.6 Å². The number of ether oxygens (including phenoxy) is 1. The van der Waals surface area contributed by atoms with E-state index in [1.54, 1.807) is 18.9 Å². The first kappa shape index (κ1) is 26.0. The summed E-state index contributed by atoms with van der Waals surface area (Å²) in [6.45, 7) is 3.57. The van der Waals surface area contributed by atoms with Crippen LogP contribution >= 0.6 is 0 Å². The summed E-state index contributed by atoms with van der Waals surface area (Å²) in [6.07, 6.45) is 8.23. The molecule has 2 aromatic heterocycles. The largest absolute Gasteiger partial charge is 0.508 e. The van der Waals surface area contributed by atoms with Crippen LogP contribution in [-0.2, 0) is 4.79 Å². The van der Waals surface area contributed by atoms with Gasteiger partial charge in [-0.3, -0.25) is 4.79 Å². The molecule has 0 aliphatic heterocycles. The number of nitrogens with zero attached hydrogens (tertiary/aromatic N) is 3. The number of fused-ring (bicyclic) bond motifs is 2. The second kappa shape index (κ2) is 9.58. The monoisotopic (exact) mass is 530 g/mol. The number of hydrogen-bond donors (Lipinski definition) is 2. The number of aromatic nitrogens is 2. The lowest BCUT2D eigenvalue weighted by Crippen LogP contribution is -2.57. The van der Waals surface area contributed by atoms with Crippen LogP contribution in [0, 0.1) is 25.1 Å². The van der Waals surface area contributed by atoms with Gasteiger partial charge in [0.1, 0.15) is 28.5 Å². The van der Waals surface area contributed by atoms with E-state index in [1.807, 2.05) is 0 Å². The number of phenols is 1. The van der Waals surface area contributed by atoms with Crippen molar-refractivity contribution >= 4 is 33.4 Å². The Hall–Kier alpha value is -4.65. The Morgan fingerprint density at radius 1 is 1.31 bits per heavy atom. The van der Waals surface area contributed by atoms with Gasteiger partial charge < -0.3 is 24.5 Å². The lowest BCUT2D eigenvalue weighted by atomic mass is 9.75. The molecule has 1 aliphatic rings. The van der Waals surface area contributed by atoms with Crippen molar-refractivity contribution in [2.24, 2.45) is 0 Å². The van der Waals surface area contributed by atoms with Crippen LogP contribution in [0.3, 0.4) is 0 Å². The highest BCUT2D eigenvalue weighted by molar-refractivity contribution is 6.03. The molecule has 2 N–H and O–H groups in total. The zero-order valence-electron chi connectivity index (χ0n) is 22.0. The zero-order chi connectivity index (χ0) is 28.1. The van der Waals surface area contributed by atoms with Crippen molar-refractivity contribution in [2.75, 3.05) is 26.0 Å². The Morgan fingerprint density at radius 3 is 2.67 bits per heavy atom. The molecule has 10 heteroatoms. The van der Waals surface area contributed by atoms with Crippen molar-refractivity contribution in [3.63, 3.8) is 0 Å². The number of nitrogens with one attached hydrogen (secondary N) is 1. The number of carbonyl (C=O) groups excluding carboxylic acids is 1. The van der Waals surface area contributed by atoms with Crippen molar-refractivity contribution in [2.45, 2.75) is 38.6 Å². The van der Waals surface area contributed by atoms with E-state index in [0.717, 1.165) is 19.3 Å². The van der Waals surface area contributed by atoms with Gasteiger partial charge >= 0.3 is 11.6 Å². The Labute approximate surface area is 223 Å². The van der Waals surface area contributed by atoms with Crippen LogP contribution < -0.4 is 15.7 Å². The van der Waals surface area contributed by atoms with Gasteiger partial charge in [-0.2, -0.15) is 9.97 Å². The molecule has 1 saturated carbocycles. The van der Waals surface area contributed by atoms with Crippen LogP contribution in [0.5, 0.6) is 11.8 Å². The number of amides is 1. The van der Waals surface area contributed by atoms with E-state index in [4.69, 9.17) is 15.6 Å². The number of halogens is 1. The lowest BCUT2D eigenvalue weighted by Gasteiger charge is -2.48. The number of terminal acetylenes is 1. The van der Waals surface area contributed by atoms with E-state index in [-0.39, 0.29) is 51.3 Å². The SMILES string of the molecule is C#Cc1c(F)ccc2cc(O)cc(-c3oc(=O)c4c(NCC5(N(C)C(C)=O)CCC5)nc(OC)nc4c3C)c12. The maximum atomic E-state index is 14.7. The molecular formula is C29H27FN4O5. The molecule has 5 rings (SSSR count). The first-order valence-corrected chi connectivity index (χ1v) is 12.4. The maximum absolute atomic E-state index is 14.7. The molecule has 9 nitrogen and oxygen atoms in total. The van der Waals surface area contributed by atoms with Gasteiger partial charge in [-0.05, 0) is 49.8 Å². The molecule has 200 valence electrons. The number of likely N-dealkylation sites (N-methyl/N-ethyl adjacent to an activating group) is 1. The normalized spacial score (nSPS) is 14.1. The van der Waals surface area contributed by atoms with Crippen molar-refractivity contribution in [3.8, 4) is 35.4 Å². The van der Waals surface area contributed by atoms with Crippen LogP contribution in [0.25, 0.3) is 33.0 Å². The highest BCUT2D eigenvalue weighted by Crippen LogP contribution is 2.40. The molecule has 4 aromatic rings. The van der Waals surface area contributed by atoms with Gasteiger partial charge in [0.2, 0.25) is 5.91 Å². The average molecular weight is 531 g/mol. The van der Waals surface area contributed by atoms with E-state index < -0.39 is 17.0 Å². The van der Waals surface area contributed by atoms with E-state index >= 15 is 0 Å². The summed E-state index contributed by atoms with van der Waals surface area (Å²) in [6, 6.07) is 5.55. The van der Waals surface area contributed by atoms with Gasteiger partial charge in [0, 0.05) is 37.0 Å². The smallest absolute Gasteiger partial charge is 0.349 e. The molecule has 39 heavy (non-hydrogen) atoms. The molecule has 0 atom stereocenters. The van der Waals surface area contributed by atoms with Crippen LogP contribution in [0.4, 0.5) is 10.2 Å². The van der Waals surface area contributed by atoms with Crippen molar-refractivity contribution in [1.29, 1.82) is 0 Å². The summed E-state index contributed by atoms with van der Waals surface area (Å²) >= 11 is 0. The molecule has 1 aliphatic carbocycles. The number of methoxy groups -OCH3 is 1. The summed E-state index contributed by atoms with van der Waals surface area (Å²) in [5, 5.41) is 14.5. The number of phenolic OH excluding ortho intramolecular Hbond substituents is 1. The van der Waals surface area contributed by atoms with Crippen LogP contribution in [-0.4, -0.2) is 52.1 Å². The van der Waals surface area contributed by atoms with Gasteiger partial charge in [0.25, 0.3) is 0 Å². The zero-order valence-corrected chi connectivity index (χ0v) is 22.0. The Bertz CT molecular complexity index is 1750. The summed E-state index contributed by atoms with van der Waals surface area (Å²) < 4.78 is 25.8. The summed E-state index contributed by atoms with van der Waals surface area (Å²) in [5.74, 6) is 1.87. The molecular weight excluding hydrogens is 503 g/mol. The van der Waals surface area contributed by atoms with Gasteiger partial charge in [-0.15, -0.1) is 6.42 Å². The van der Waals surface area contributed by atoms with Crippen LogP contribution in [0.15, 0.2) is 33.5 Å². The number of aromatic hydroxyl groups is 1. The minimum absolute atomic E-state index is 0.0170. The van der Waals surface area contributed by atoms with E-state index in [9.17, 15) is 19.1 Å². The second-order valence-electron chi connectivity index (χ2n) is 9.79. The fourth-order valence-corrected chi connectivity index (χ4v) is 5.25. The quantitative estimate of drug-likeness (QED) is 0.353. The topological polar surface area (TPSA) is 118 Å². The Balaban J connectivity index is 1.71. The Morgan fingerprint density at radius 2 is 2.05 bits per heavy atom. The lowest BCUT2D eigenvalue weighted by molar-refractivity contribution is -0.136. The first-order chi connectivity index (χ1) is 18.6. The predicted molar refractivity (Wildman–Crippen MR) is 145 cm³/mol. The van der Waals surface area contributed by atoms with Gasteiger partial charge in [0.05, 0.1) is 23.7 Å². The van der Waals surface area contributed by atoms with Gasteiger partial charge in [-0.25, -0.2) is 9.18 Å². The van der Waals surface area contributed by atoms with Crippen molar-refractivity contribution < 1.29 is 23.4 Å². The minimum atomic E-state index is -0.742. The molecule has 1 amide bonds. The number of carbonyl (C=O) groups is 1. The van der Waals surface area contributed by atoms with Crippen LogP contribution in [0.2, 0.25) is 0 Å². The fourth-order valence-electron chi connectivity index (χ4n) is 5.25. The maximum Gasteiger partial charge on any atom is 0.349 e. The van der Waals surface area contributed by atoms with Gasteiger partial charge in [-0.1, -0.05) is 12.0 Å². The molecule has 0 spiro atoms.